The molecule has 1 unspecified atom stereocenters. The molecule has 8 heteroatoms. The highest BCUT2D eigenvalue weighted by molar-refractivity contribution is 5.91. The molecule has 41 heavy (non-hydrogen) atoms. The van der Waals surface area contributed by atoms with Crippen molar-refractivity contribution in [3.05, 3.63) is 102 Å². The molecule has 0 radical (unpaired) electrons. The third-order valence-electron chi connectivity index (χ3n) is 7.94. The summed E-state index contributed by atoms with van der Waals surface area (Å²) in [4.78, 5) is 35.2. The normalized spacial score (nSPS) is 15.8. The van der Waals surface area contributed by atoms with Crippen molar-refractivity contribution < 1.29 is 14.3 Å². The molecule has 1 saturated carbocycles. The number of para-hydroxylation sites is 1. The number of amides is 2. The van der Waals surface area contributed by atoms with Crippen molar-refractivity contribution in [2.24, 2.45) is 5.92 Å². The molecule has 2 amide bonds. The Morgan fingerprint density at radius 2 is 1.90 bits per heavy atom. The minimum Gasteiger partial charge on any atom is -0.445 e. The van der Waals surface area contributed by atoms with Gasteiger partial charge in [0.05, 0.1) is 23.4 Å². The van der Waals surface area contributed by atoms with Gasteiger partial charge < -0.3 is 20.4 Å². The molecule has 4 aromatic rings. The maximum atomic E-state index is 14.2. The zero-order valence-corrected chi connectivity index (χ0v) is 23.2. The summed E-state index contributed by atoms with van der Waals surface area (Å²) in [5.41, 5.74) is 2.54. The van der Waals surface area contributed by atoms with Crippen LogP contribution in [-0.4, -0.2) is 27.5 Å². The van der Waals surface area contributed by atoms with Crippen molar-refractivity contribution in [2.45, 2.75) is 63.6 Å². The lowest BCUT2D eigenvalue weighted by molar-refractivity contribution is -0.128. The molecule has 0 saturated heterocycles. The average molecular weight is 550 g/mol. The number of hydrogen-bond acceptors (Lipinski definition) is 5. The van der Waals surface area contributed by atoms with E-state index < -0.39 is 11.6 Å². The lowest BCUT2D eigenvalue weighted by Gasteiger charge is -2.35. The molecule has 5 rings (SSSR count). The fraction of sp³-hybridized carbons (Fsp3) is 0.333. The molecule has 8 nitrogen and oxygen atoms in total. The summed E-state index contributed by atoms with van der Waals surface area (Å²) >= 11 is 0. The lowest BCUT2D eigenvalue weighted by atomic mass is 9.81. The predicted octanol–water partition coefficient (Wildman–Crippen LogP) is 6.10. The highest BCUT2D eigenvalue weighted by Crippen LogP contribution is 2.34. The fourth-order valence-corrected chi connectivity index (χ4v) is 5.74. The molecule has 0 bridgehead atoms. The van der Waals surface area contributed by atoms with Gasteiger partial charge in [0.15, 0.2) is 0 Å². The number of rotatable bonds is 9. The van der Waals surface area contributed by atoms with Crippen molar-refractivity contribution >= 4 is 22.9 Å². The van der Waals surface area contributed by atoms with Crippen LogP contribution in [0.15, 0.2) is 79.1 Å². The molecule has 3 N–H and O–H groups in total. The SMILES string of the molecule is C[C@@](Cc1c[nH]c2ccccc12)(NC(=O)OCc1cccc(C#N)c1)C(=O)NC(c1ccccn1)C1CCCCC1. The number of ether oxygens (including phenoxy) is 1. The molecule has 0 spiro atoms. The van der Waals surface area contributed by atoms with Crippen LogP contribution in [0.4, 0.5) is 4.79 Å². The van der Waals surface area contributed by atoms with Crippen LogP contribution in [0.25, 0.3) is 10.9 Å². The Morgan fingerprint density at radius 3 is 2.68 bits per heavy atom. The number of aromatic nitrogens is 2. The molecule has 2 aromatic carbocycles. The number of carbonyl (C=O) groups is 2. The Balaban J connectivity index is 1.40. The molecule has 1 aliphatic rings. The number of benzene rings is 2. The molecule has 2 aromatic heterocycles. The van der Waals surface area contributed by atoms with Gasteiger partial charge >= 0.3 is 6.09 Å². The van der Waals surface area contributed by atoms with E-state index >= 15 is 0 Å². The van der Waals surface area contributed by atoms with Crippen molar-refractivity contribution in [2.75, 3.05) is 0 Å². The number of aromatic amines is 1. The number of pyridine rings is 1. The second-order valence-electron chi connectivity index (χ2n) is 11.0. The molecular weight excluding hydrogens is 514 g/mol. The van der Waals surface area contributed by atoms with Gasteiger partial charge in [0, 0.05) is 29.7 Å². The average Bonchev–Trinajstić information content (AvgIpc) is 3.42. The number of nitrogens with zero attached hydrogens (tertiary/aromatic N) is 2. The minimum absolute atomic E-state index is 0.0230. The first-order valence-electron chi connectivity index (χ1n) is 14.2. The largest absolute Gasteiger partial charge is 0.445 e. The molecule has 2 heterocycles. The second kappa shape index (κ2) is 12.7. The van der Waals surface area contributed by atoms with Gasteiger partial charge in [-0.1, -0.05) is 55.7 Å². The fourth-order valence-electron chi connectivity index (χ4n) is 5.74. The van der Waals surface area contributed by atoms with E-state index in [-0.39, 0.29) is 30.9 Å². The van der Waals surface area contributed by atoms with E-state index in [1.54, 1.807) is 37.4 Å². The Bertz CT molecular complexity index is 1540. The molecule has 2 atom stereocenters. The van der Waals surface area contributed by atoms with E-state index in [0.29, 0.717) is 11.1 Å². The topological polar surface area (TPSA) is 120 Å². The van der Waals surface area contributed by atoms with Gasteiger partial charge in [0.25, 0.3) is 0 Å². The molecule has 0 aliphatic heterocycles. The molecule has 1 aliphatic carbocycles. The second-order valence-corrected chi connectivity index (χ2v) is 11.0. The zero-order valence-electron chi connectivity index (χ0n) is 23.2. The maximum absolute atomic E-state index is 14.2. The van der Waals surface area contributed by atoms with Crippen molar-refractivity contribution in [3.63, 3.8) is 0 Å². The van der Waals surface area contributed by atoms with Crippen LogP contribution in [0, 0.1) is 17.2 Å². The number of nitriles is 1. The highest BCUT2D eigenvalue weighted by Gasteiger charge is 2.39. The zero-order chi connectivity index (χ0) is 28.7. The Kier molecular flexibility index (Phi) is 8.64. The summed E-state index contributed by atoms with van der Waals surface area (Å²) in [6.45, 7) is 1.71. The first kappa shape index (κ1) is 27.9. The number of H-pyrrole nitrogens is 1. The Hall–Kier alpha value is -4.64. The standard InChI is InChI=1S/C33H35N5O3/c1-33(19-26-21-36-28-15-6-5-14-27(26)28,38-32(40)41-22-24-11-9-10-23(18-24)20-34)31(39)37-30(25-12-3-2-4-13-25)29-16-7-8-17-35-29/h5-11,14-18,21,25,30,36H,2-4,12-13,19,22H2,1H3,(H,37,39)(H,38,40)/t30?,33-/m0/s1. The van der Waals surface area contributed by atoms with E-state index in [9.17, 15) is 14.9 Å². The van der Waals surface area contributed by atoms with Gasteiger partial charge in [-0.2, -0.15) is 5.26 Å². The van der Waals surface area contributed by atoms with Gasteiger partial charge in [-0.05, 0) is 67.1 Å². The van der Waals surface area contributed by atoms with E-state index in [1.165, 1.54) is 6.42 Å². The molecular formula is C33H35N5O3. The van der Waals surface area contributed by atoms with Crippen LogP contribution in [-0.2, 0) is 22.6 Å². The van der Waals surface area contributed by atoms with Crippen LogP contribution < -0.4 is 10.6 Å². The Morgan fingerprint density at radius 1 is 1.10 bits per heavy atom. The summed E-state index contributed by atoms with van der Waals surface area (Å²) in [5.74, 6) is -0.0354. The van der Waals surface area contributed by atoms with Crippen LogP contribution in [0.5, 0.6) is 0 Å². The van der Waals surface area contributed by atoms with E-state index in [0.717, 1.165) is 47.8 Å². The molecule has 210 valence electrons. The van der Waals surface area contributed by atoms with Gasteiger partial charge in [0.2, 0.25) is 5.91 Å². The summed E-state index contributed by atoms with van der Waals surface area (Å²) in [6.07, 6.45) is 8.63. The summed E-state index contributed by atoms with van der Waals surface area (Å²) in [7, 11) is 0. The third kappa shape index (κ3) is 6.75. The number of fused-ring (bicyclic) bond motifs is 1. The maximum Gasteiger partial charge on any atom is 0.408 e. The van der Waals surface area contributed by atoms with Crippen LogP contribution in [0.1, 0.15) is 67.5 Å². The van der Waals surface area contributed by atoms with Crippen molar-refractivity contribution in [1.29, 1.82) is 5.26 Å². The van der Waals surface area contributed by atoms with Crippen LogP contribution in [0.2, 0.25) is 0 Å². The number of nitrogens with one attached hydrogen (secondary N) is 3. The monoisotopic (exact) mass is 549 g/mol. The smallest absolute Gasteiger partial charge is 0.408 e. The van der Waals surface area contributed by atoms with Gasteiger partial charge in [-0.15, -0.1) is 0 Å². The van der Waals surface area contributed by atoms with E-state index in [1.807, 2.05) is 48.7 Å². The molecule has 1 fully saturated rings. The Labute approximate surface area is 240 Å². The number of carbonyl (C=O) groups excluding carboxylic acids is 2. The highest BCUT2D eigenvalue weighted by atomic mass is 16.5. The van der Waals surface area contributed by atoms with E-state index in [2.05, 4.69) is 26.7 Å². The predicted molar refractivity (Wildman–Crippen MR) is 157 cm³/mol. The number of hydrogen-bond donors (Lipinski definition) is 3. The van der Waals surface area contributed by atoms with Gasteiger partial charge in [-0.25, -0.2) is 4.79 Å². The minimum atomic E-state index is -1.32. The quantitative estimate of drug-likeness (QED) is 0.233. The summed E-state index contributed by atoms with van der Waals surface area (Å²) < 4.78 is 5.53. The van der Waals surface area contributed by atoms with Gasteiger partial charge in [0.1, 0.15) is 12.1 Å². The third-order valence-corrected chi connectivity index (χ3v) is 7.94. The first-order chi connectivity index (χ1) is 19.9. The van der Waals surface area contributed by atoms with Crippen LogP contribution >= 0.6 is 0 Å². The first-order valence-corrected chi connectivity index (χ1v) is 14.2. The number of alkyl carbamates (subject to hydrolysis) is 1. The lowest BCUT2D eigenvalue weighted by Crippen LogP contribution is -2.59. The van der Waals surface area contributed by atoms with Crippen molar-refractivity contribution in [3.8, 4) is 6.07 Å². The summed E-state index contributed by atoms with van der Waals surface area (Å²) in [6, 6.07) is 22.4. The van der Waals surface area contributed by atoms with Crippen LogP contribution in [0.3, 0.4) is 0 Å². The van der Waals surface area contributed by atoms with Gasteiger partial charge in [-0.3, -0.25) is 9.78 Å². The van der Waals surface area contributed by atoms with E-state index in [4.69, 9.17) is 4.74 Å². The van der Waals surface area contributed by atoms with Crippen molar-refractivity contribution in [1.82, 2.24) is 20.6 Å². The summed E-state index contributed by atoms with van der Waals surface area (Å²) in [5, 5.41) is 16.3.